The van der Waals surface area contributed by atoms with Crippen LogP contribution in [-0.4, -0.2) is 15.8 Å². The molecule has 0 radical (unpaired) electrons. The summed E-state index contributed by atoms with van der Waals surface area (Å²) >= 11 is 0. The van der Waals surface area contributed by atoms with Crippen molar-refractivity contribution in [1.29, 1.82) is 0 Å². The van der Waals surface area contributed by atoms with Gasteiger partial charge in [0, 0.05) is 18.7 Å². The molecular weight excluding hydrogens is 372 g/mol. The van der Waals surface area contributed by atoms with Crippen LogP contribution in [-0.2, 0) is 0 Å². The molecule has 2 rings (SSSR count). The molecule has 162 valence electrons. The largest absolute Gasteiger partial charge is 0.434 e. The zero-order valence-corrected chi connectivity index (χ0v) is 18.4. The first-order valence-electron chi connectivity index (χ1n) is 11.5. The number of oxazole rings is 1. The van der Waals surface area contributed by atoms with Crippen LogP contribution in [0.3, 0.4) is 0 Å². The van der Waals surface area contributed by atoms with Crippen molar-refractivity contribution < 1.29 is 9.21 Å². The van der Waals surface area contributed by atoms with E-state index in [1.165, 1.54) is 44.9 Å². The van der Waals surface area contributed by atoms with Crippen LogP contribution in [0, 0.1) is 0 Å². The van der Waals surface area contributed by atoms with Gasteiger partial charge in [-0.2, -0.15) is 0 Å². The lowest BCUT2D eigenvalue weighted by atomic mass is 10.1. The van der Waals surface area contributed by atoms with Crippen LogP contribution in [0.25, 0.3) is 11.1 Å². The minimum absolute atomic E-state index is 0.0488. The van der Waals surface area contributed by atoms with Crippen molar-refractivity contribution in [2.75, 3.05) is 0 Å². The van der Waals surface area contributed by atoms with Crippen molar-refractivity contribution in [3.63, 3.8) is 0 Å². The lowest BCUT2D eigenvalue weighted by Crippen LogP contribution is -1.98. The number of carbonyl (C=O) groups is 1. The highest BCUT2D eigenvalue weighted by Gasteiger charge is 2.13. The Labute approximate surface area is 181 Å². The lowest BCUT2D eigenvalue weighted by molar-refractivity contribution is 0.0949. The molecule has 4 nitrogen and oxygen atoms in total. The molecule has 30 heavy (non-hydrogen) atoms. The molecule has 0 saturated carbocycles. The molecule has 0 aliphatic carbocycles. The molecule has 0 N–H and O–H groups in total. The Balaban J connectivity index is 1.46. The van der Waals surface area contributed by atoms with E-state index in [9.17, 15) is 4.79 Å². The summed E-state index contributed by atoms with van der Waals surface area (Å²) in [5.74, 6) is 0.140. The number of hydrogen-bond donors (Lipinski definition) is 0. The van der Waals surface area contributed by atoms with E-state index < -0.39 is 0 Å². The van der Waals surface area contributed by atoms with Gasteiger partial charge in [-0.05, 0) is 38.5 Å². The molecule has 0 spiro atoms. The highest BCUT2D eigenvalue weighted by molar-refractivity contribution is 5.93. The Morgan fingerprint density at radius 3 is 2.30 bits per heavy atom. The van der Waals surface area contributed by atoms with E-state index in [4.69, 9.17) is 4.42 Å². The average molecular weight is 409 g/mol. The predicted octanol–water partition coefficient (Wildman–Crippen LogP) is 7.78. The van der Waals surface area contributed by atoms with E-state index in [1.54, 1.807) is 18.5 Å². The number of nitrogens with zero attached hydrogens (tertiary/aromatic N) is 2. The quantitative estimate of drug-likeness (QED) is 0.162. The van der Waals surface area contributed by atoms with E-state index in [0.717, 1.165) is 25.7 Å². The summed E-state index contributed by atoms with van der Waals surface area (Å²) in [6.07, 6.45) is 30.0. The first-order valence-corrected chi connectivity index (χ1v) is 11.5. The number of pyridine rings is 1. The first kappa shape index (κ1) is 23.8. The van der Waals surface area contributed by atoms with Gasteiger partial charge in [0.15, 0.2) is 5.58 Å². The van der Waals surface area contributed by atoms with Gasteiger partial charge in [-0.15, -0.1) is 0 Å². The molecule has 0 aliphatic heterocycles. The molecule has 0 unspecified atom stereocenters. The van der Waals surface area contributed by atoms with Crippen LogP contribution in [0.1, 0.15) is 94.7 Å². The third-order valence-corrected chi connectivity index (χ3v) is 4.97. The molecule has 0 amide bonds. The molecule has 0 atom stereocenters. The summed E-state index contributed by atoms with van der Waals surface area (Å²) in [6.45, 7) is 2.26. The zero-order valence-electron chi connectivity index (χ0n) is 18.4. The van der Waals surface area contributed by atoms with Gasteiger partial charge in [0.25, 0.3) is 5.89 Å². The molecule has 0 bridgehead atoms. The summed E-state index contributed by atoms with van der Waals surface area (Å²) in [7, 11) is 0. The fourth-order valence-electron chi connectivity index (χ4n) is 3.21. The number of hydrogen-bond acceptors (Lipinski definition) is 4. The normalized spacial score (nSPS) is 12.2. The number of rotatable bonds is 16. The van der Waals surface area contributed by atoms with Crippen molar-refractivity contribution in [2.24, 2.45) is 0 Å². The first-order chi connectivity index (χ1) is 14.8. The van der Waals surface area contributed by atoms with Crippen LogP contribution in [0.5, 0.6) is 0 Å². The standard InChI is InChI=1S/C26H36N2O2/c1-2-3-4-5-6-7-8-9-10-11-12-13-14-15-16-17-18-19-24(29)26-28-23-22-27-21-20-25(23)30-26/h9-10,12-13,15-16,20-22H,2-8,11,14,17-19H2,1H3. The summed E-state index contributed by atoms with van der Waals surface area (Å²) in [6, 6.07) is 1.72. The highest BCUT2D eigenvalue weighted by Crippen LogP contribution is 2.15. The molecule has 0 saturated heterocycles. The molecule has 2 aromatic rings. The Kier molecular flexibility index (Phi) is 12.2. The second-order valence-corrected chi connectivity index (χ2v) is 7.62. The molecule has 0 fully saturated rings. The summed E-state index contributed by atoms with van der Waals surface area (Å²) in [5, 5.41) is 0. The van der Waals surface area contributed by atoms with Crippen molar-refractivity contribution in [2.45, 2.75) is 84.0 Å². The van der Waals surface area contributed by atoms with Crippen molar-refractivity contribution in [3.8, 4) is 0 Å². The smallest absolute Gasteiger partial charge is 0.264 e. The highest BCUT2D eigenvalue weighted by atomic mass is 16.4. The van der Waals surface area contributed by atoms with Crippen molar-refractivity contribution >= 4 is 16.9 Å². The maximum atomic E-state index is 12.2. The molecule has 0 aliphatic rings. The Morgan fingerprint density at radius 2 is 1.57 bits per heavy atom. The number of ketones is 1. The fraction of sp³-hybridized carbons (Fsp3) is 0.500. The number of fused-ring (bicyclic) bond motifs is 1. The average Bonchev–Trinajstić information content (AvgIpc) is 3.20. The van der Waals surface area contributed by atoms with E-state index in [-0.39, 0.29) is 11.7 Å². The number of carbonyl (C=O) groups excluding carboxylic acids is 1. The van der Waals surface area contributed by atoms with Gasteiger partial charge in [0.1, 0.15) is 5.52 Å². The van der Waals surface area contributed by atoms with E-state index in [1.807, 2.05) is 0 Å². The maximum absolute atomic E-state index is 12.2. The molecule has 0 aromatic carbocycles. The number of aromatic nitrogens is 2. The zero-order chi connectivity index (χ0) is 21.3. The van der Waals surface area contributed by atoms with Crippen LogP contribution < -0.4 is 0 Å². The summed E-state index contributed by atoms with van der Waals surface area (Å²) in [5.41, 5.74) is 1.24. The molecule has 4 heteroatoms. The fourth-order valence-corrected chi connectivity index (χ4v) is 3.21. The van der Waals surface area contributed by atoms with E-state index in [0.29, 0.717) is 17.5 Å². The Hall–Kier alpha value is -2.49. The maximum Gasteiger partial charge on any atom is 0.264 e. The van der Waals surface area contributed by atoms with Gasteiger partial charge in [-0.3, -0.25) is 9.78 Å². The number of allylic oxidation sites excluding steroid dienone is 6. The Bertz CT molecular complexity index is 784. The van der Waals surface area contributed by atoms with Crippen LogP contribution in [0.15, 0.2) is 59.3 Å². The minimum atomic E-state index is -0.0488. The van der Waals surface area contributed by atoms with Crippen molar-refractivity contribution in [3.05, 3.63) is 60.8 Å². The third kappa shape index (κ3) is 9.82. The predicted molar refractivity (Wildman–Crippen MR) is 125 cm³/mol. The topological polar surface area (TPSA) is 56.0 Å². The van der Waals surface area contributed by atoms with Gasteiger partial charge < -0.3 is 4.42 Å². The van der Waals surface area contributed by atoms with Crippen LogP contribution in [0.4, 0.5) is 0 Å². The SMILES string of the molecule is CCCCCCCCC=CCC=CCC=CCCCC(=O)c1nc2cnccc2o1. The van der Waals surface area contributed by atoms with Crippen LogP contribution >= 0.6 is 0 Å². The van der Waals surface area contributed by atoms with Crippen LogP contribution in [0.2, 0.25) is 0 Å². The number of Topliss-reactive ketones (excluding diaryl/α,β-unsaturated/α-hetero) is 1. The van der Waals surface area contributed by atoms with Gasteiger partial charge in [-0.1, -0.05) is 75.5 Å². The van der Waals surface area contributed by atoms with Gasteiger partial charge in [0.05, 0.1) is 6.20 Å². The minimum Gasteiger partial charge on any atom is -0.434 e. The van der Waals surface area contributed by atoms with E-state index >= 15 is 0 Å². The van der Waals surface area contributed by atoms with Gasteiger partial charge in [-0.25, -0.2) is 4.98 Å². The molecule has 2 aromatic heterocycles. The third-order valence-electron chi connectivity index (χ3n) is 4.97. The van der Waals surface area contributed by atoms with Gasteiger partial charge in [0.2, 0.25) is 5.78 Å². The summed E-state index contributed by atoms with van der Waals surface area (Å²) in [4.78, 5) is 20.3. The van der Waals surface area contributed by atoms with Gasteiger partial charge >= 0.3 is 0 Å². The second kappa shape index (κ2) is 15.4. The lowest BCUT2D eigenvalue weighted by Gasteiger charge is -1.97. The monoisotopic (exact) mass is 408 g/mol. The number of unbranched alkanes of at least 4 members (excludes halogenated alkanes) is 7. The molecule has 2 heterocycles. The molecular formula is C26H36N2O2. The van der Waals surface area contributed by atoms with Crippen molar-refractivity contribution in [1.82, 2.24) is 9.97 Å². The second-order valence-electron chi connectivity index (χ2n) is 7.62. The Morgan fingerprint density at radius 1 is 0.900 bits per heavy atom. The van der Waals surface area contributed by atoms with E-state index in [2.05, 4.69) is 53.3 Å². The summed E-state index contributed by atoms with van der Waals surface area (Å²) < 4.78 is 5.48.